The number of aromatic nitrogens is 1. The number of guanidine groups is 1. The molecular weight excluding hydrogens is 388 g/mol. The number of aliphatic imine (C=N–C) groups is 1. The van der Waals surface area contributed by atoms with E-state index in [0.29, 0.717) is 6.04 Å². The zero-order chi connectivity index (χ0) is 21.5. The lowest BCUT2D eigenvalue weighted by molar-refractivity contribution is 0.168. The van der Waals surface area contributed by atoms with Crippen molar-refractivity contribution in [2.24, 2.45) is 4.99 Å². The third-order valence-electron chi connectivity index (χ3n) is 6.34. The van der Waals surface area contributed by atoms with E-state index in [-0.39, 0.29) is 0 Å². The van der Waals surface area contributed by atoms with Crippen molar-refractivity contribution in [3.05, 3.63) is 53.4 Å². The summed E-state index contributed by atoms with van der Waals surface area (Å²) in [5.74, 6) is 1.04. The maximum absolute atomic E-state index is 5.13. The molecule has 1 N–H and O–H groups in total. The van der Waals surface area contributed by atoms with Gasteiger partial charge in [-0.25, -0.2) is 0 Å². The maximum Gasteiger partial charge on any atom is 0.194 e. The summed E-state index contributed by atoms with van der Waals surface area (Å²) in [7, 11) is 0. The van der Waals surface area contributed by atoms with Gasteiger partial charge in [0, 0.05) is 45.3 Å². The molecule has 0 spiro atoms. The molecule has 2 aromatic rings. The lowest BCUT2D eigenvalue weighted by Crippen LogP contribution is -2.52. The average molecular weight is 425 g/mol. The second-order valence-corrected chi connectivity index (χ2v) is 8.62. The summed E-state index contributed by atoms with van der Waals surface area (Å²) in [4.78, 5) is 12.6. The molecule has 0 amide bonds. The number of likely N-dealkylation sites (tertiary alicyclic amines) is 1. The minimum Gasteiger partial charge on any atom is -0.364 e. The fourth-order valence-electron chi connectivity index (χ4n) is 4.54. The Bertz CT molecular complexity index is 805. The molecule has 2 aliphatic rings. The maximum atomic E-state index is 5.13. The SMILES string of the molecule is CCNC(=NCC(c1ccc(C)cc1)N1CCCC1)N1CCN(Cc2ccon2)CC1. The zero-order valence-electron chi connectivity index (χ0n) is 19.0. The number of hydrogen-bond donors (Lipinski definition) is 1. The highest BCUT2D eigenvalue weighted by atomic mass is 16.5. The van der Waals surface area contributed by atoms with E-state index >= 15 is 0 Å². The highest BCUT2D eigenvalue weighted by Gasteiger charge is 2.25. The van der Waals surface area contributed by atoms with Crippen LogP contribution in [0.3, 0.4) is 0 Å². The van der Waals surface area contributed by atoms with E-state index in [1.165, 1.54) is 37.1 Å². The molecule has 0 saturated carbocycles. The largest absolute Gasteiger partial charge is 0.364 e. The highest BCUT2D eigenvalue weighted by Crippen LogP contribution is 2.26. The molecule has 0 aliphatic carbocycles. The van der Waals surface area contributed by atoms with Crippen molar-refractivity contribution < 1.29 is 4.52 Å². The summed E-state index contributed by atoms with van der Waals surface area (Å²) in [6.45, 7) is 13.1. The molecule has 0 radical (unpaired) electrons. The van der Waals surface area contributed by atoms with Crippen LogP contribution in [-0.2, 0) is 6.54 Å². The third-order valence-corrected chi connectivity index (χ3v) is 6.34. The molecular formula is C24H36N6O. The van der Waals surface area contributed by atoms with Crippen molar-refractivity contribution in [2.75, 3.05) is 52.4 Å². The van der Waals surface area contributed by atoms with Gasteiger partial charge in [0.15, 0.2) is 5.96 Å². The molecule has 3 heterocycles. The van der Waals surface area contributed by atoms with Crippen LogP contribution >= 0.6 is 0 Å². The van der Waals surface area contributed by atoms with Gasteiger partial charge < -0.3 is 14.7 Å². The Kier molecular flexibility index (Phi) is 7.59. The molecule has 0 bridgehead atoms. The zero-order valence-corrected chi connectivity index (χ0v) is 19.0. The Balaban J connectivity index is 1.41. The molecule has 1 atom stereocenters. The lowest BCUT2D eigenvalue weighted by atomic mass is 10.0. The van der Waals surface area contributed by atoms with Gasteiger partial charge in [-0.05, 0) is 45.3 Å². The van der Waals surface area contributed by atoms with Crippen LogP contribution in [0.1, 0.15) is 42.6 Å². The molecule has 7 nitrogen and oxygen atoms in total. The van der Waals surface area contributed by atoms with Crippen LogP contribution in [0.15, 0.2) is 46.1 Å². The Hall–Kier alpha value is -2.38. The molecule has 31 heavy (non-hydrogen) atoms. The van der Waals surface area contributed by atoms with Crippen LogP contribution in [0.2, 0.25) is 0 Å². The number of piperazine rings is 1. The fraction of sp³-hybridized carbons (Fsp3) is 0.583. The van der Waals surface area contributed by atoms with E-state index < -0.39 is 0 Å². The summed E-state index contributed by atoms with van der Waals surface area (Å²) >= 11 is 0. The van der Waals surface area contributed by atoms with Gasteiger partial charge in [0.05, 0.1) is 18.3 Å². The van der Waals surface area contributed by atoms with Gasteiger partial charge in [0.1, 0.15) is 6.26 Å². The molecule has 168 valence electrons. The van der Waals surface area contributed by atoms with Crippen molar-refractivity contribution in [3.63, 3.8) is 0 Å². The predicted octanol–water partition coefficient (Wildman–Crippen LogP) is 2.90. The van der Waals surface area contributed by atoms with Gasteiger partial charge >= 0.3 is 0 Å². The van der Waals surface area contributed by atoms with Gasteiger partial charge in [-0.3, -0.25) is 14.8 Å². The Morgan fingerprint density at radius 2 is 1.81 bits per heavy atom. The van der Waals surface area contributed by atoms with Crippen LogP contribution < -0.4 is 5.32 Å². The monoisotopic (exact) mass is 424 g/mol. The quantitative estimate of drug-likeness (QED) is 0.545. The molecule has 1 aromatic carbocycles. The molecule has 4 rings (SSSR count). The first kappa shape index (κ1) is 21.8. The minimum absolute atomic E-state index is 0.352. The number of nitrogens with zero attached hydrogens (tertiary/aromatic N) is 5. The Morgan fingerprint density at radius 3 is 2.45 bits per heavy atom. The van der Waals surface area contributed by atoms with E-state index in [2.05, 4.69) is 63.3 Å². The van der Waals surface area contributed by atoms with Gasteiger partial charge in [0.2, 0.25) is 0 Å². The minimum atomic E-state index is 0.352. The van der Waals surface area contributed by atoms with E-state index in [1.54, 1.807) is 6.26 Å². The topological polar surface area (TPSA) is 60.1 Å². The smallest absolute Gasteiger partial charge is 0.194 e. The third kappa shape index (κ3) is 5.86. The van der Waals surface area contributed by atoms with Gasteiger partial charge in [-0.15, -0.1) is 0 Å². The van der Waals surface area contributed by atoms with Gasteiger partial charge in [-0.1, -0.05) is 35.0 Å². The predicted molar refractivity (Wildman–Crippen MR) is 124 cm³/mol. The van der Waals surface area contributed by atoms with E-state index in [0.717, 1.165) is 57.5 Å². The molecule has 2 aliphatic heterocycles. The first-order chi connectivity index (χ1) is 15.2. The summed E-state index contributed by atoms with van der Waals surface area (Å²) < 4.78 is 4.97. The average Bonchev–Trinajstić information content (AvgIpc) is 3.50. The summed E-state index contributed by atoms with van der Waals surface area (Å²) in [5.41, 5.74) is 3.69. The molecule has 7 heteroatoms. The number of aryl methyl sites for hydroxylation is 1. The normalized spacial score (nSPS) is 19.7. The van der Waals surface area contributed by atoms with E-state index in [1.807, 2.05) is 6.07 Å². The first-order valence-corrected chi connectivity index (χ1v) is 11.7. The van der Waals surface area contributed by atoms with Crippen LogP contribution in [0.4, 0.5) is 0 Å². The second kappa shape index (κ2) is 10.8. The van der Waals surface area contributed by atoms with Crippen molar-refractivity contribution in [3.8, 4) is 0 Å². The van der Waals surface area contributed by atoms with Crippen molar-refractivity contribution in [2.45, 2.75) is 39.3 Å². The van der Waals surface area contributed by atoms with Crippen molar-refractivity contribution >= 4 is 5.96 Å². The van der Waals surface area contributed by atoms with Crippen molar-refractivity contribution in [1.29, 1.82) is 0 Å². The Labute approximate surface area is 186 Å². The fourth-order valence-corrected chi connectivity index (χ4v) is 4.54. The lowest BCUT2D eigenvalue weighted by Gasteiger charge is -2.36. The van der Waals surface area contributed by atoms with Gasteiger partial charge in [-0.2, -0.15) is 0 Å². The van der Waals surface area contributed by atoms with E-state index in [9.17, 15) is 0 Å². The van der Waals surface area contributed by atoms with Crippen LogP contribution in [-0.4, -0.2) is 78.2 Å². The summed E-state index contributed by atoms with van der Waals surface area (Å²) in [5, 5.41) is 7.57. The second-order valence-electron chi connectivity index (χ2n) is 8.62. The standard InChI is InChI=1S/C24H36N6O/c1-3-25-24(30-15-13-28(14-16-30)19-22-10-17-31-27-22)26-18-23(29-11-4-5-12-29)21-8-6-20(2)7-9-21/h6-10,17,23H,3-5,11-16,18-19H2,1-2H3,(H,25,26). The van der Waals surface area contributed by atoms with Crippen LogP contribution in [0.25, 0.3) is 0 Å². The summed E-state index contributed by atoms with van der Waals surface area (Å²) in [6, 6.07) is 11.3. The van der Waals surface area contributed by atoms with Crippen LogP contribution in [0.5, 0.6) is 0 Å². The molecule has 2 fully saturated rings. The number of rotatable bonds is 7. The van der Waals surface area contributed by atoms with E-state index in [4.69, 9.17) is 9.52 Å². The number of benzene rings is 1. The number of hydrogen-bond acceptors (Lipinski definition) is 5. The van der Waals surface area contributed by atoms with Crippen molar-refractivity contribution in [1.82, 2.24) is 25.2 Å². The Morgan fingerprint density at radius 1 is 1.06 bits per heavy atom. The first-order valence-electron chi connectivity index (χ1n) is 11.7. The molecule has 1 aromatic heterocycles. The molecule has 1 unspecified atom stereocenters. The van der Waals surface area contributed by atoms with Gasteiger partial charge in [0.25, 0.3) is 0 Å². The summed E-state index contributed by atoms with van der Waals surface area (Å²) in [6.07, 6.45) is 4.23. The number of nitrogens with one attached hydrogen (secondary N) is 1. The van der Waals surface area contributed by atoms with Crippen LogP contribution in [0, 0.1) is 6.92 Å². The highest BCUT2D eigenvalue weighted by molar-refractivity contribution is 5.80. The molecule has 2 saturated heterocycles.